The maximum Gasteiger partial charge on any atom is 0.250 e. The van der Waals surface area contributed by atoms with Crippen LogP contribution >= 0.6 is 0 Å². The van der Waals surface area contributed by atoms with E-state index in [1.807, 2.05) is 30.3 Å². The van der Waals surface area contributed by atoms with E-state index in [4.69, 9.17) is 18.9 Å². The third-order valence-electron chi connectivity index (χ3n) is 5.13. The van der Waals surface area contributed by atoms with Gasteiger partial charge in [0.1, 0.15) is 11.5 Å². The number of rotatable bonds is 3. The van der Waals surface area contributed by atoms with Gasteiger partial charge in [0.15, 0.2) is 11.5 Å². The summed E-state index contributed by atoms with van der Waals surface area (Å²) in [6, 6.07) is 9.55. The summed E-state index contributed by atoms with van der Waals surface area (Å²) in [4.78, 5) is 12.6. The number of hydrogen-bond donors (Lipinski definition) is 2. The fourth-order valence-electron chi connectivity index (χ4n) is 3.88. The number of nitrogens with one attached hydrogen (secondary N) is 2. The normalized spacial score (nSPS) is 19.2. The average Bonchev–Trinajstić information content (AvgIpc) is 3.30. The molecule has 1 atom stereocenters. The third-order valence-corrected chi connectivity index (χ3v) is 5.13. The van der Waals surface area contributed by atoms with Crippen molar-refractivity contribution in [1.29, 1.82) is 0 Å². The molecule has 0 fully saturated rings. The Balaban J connectivity index is 1.73. The molecule has 27 heavy (non-hydrogen) atoms. The van der Waals surface area contributed by atoms with E-state index < -0.39 is 0 Å². The van der Waals surface area contributed by atoms with Crippen LogP contribution in [-0.2, 0) is 4.79 Å². The summed E-state index contributed by atoms with van der Waals surface area (Å²) in [5.74, 6) is 2.38. The number of fused-ring (bicyclic) bond motifs is 2. The molecule has 1 unspecified atom stereocenters. The molecular formula is C20H18N2O5. The Morgan fingerprint density at radius 3 is 2.41 bits per heavy atom. The summed E-state index contributed by atoms with van der Waals surface area (Å²) in [6.07, 6.45) is 0. The fourth-order valence-corrected chi connectivity index (χ4v) is 3.88. The number of ether oxygens (including phenoxy) is 4. The van der Waals surface area contributed by atoms with E-state index in [1.54, 1.807) is 14.2 Å². The molecule has 0 saturated heterocycles. The quantitative estimate of drug-likeness (QED) is 0.868. The Hall–Kier alpha value is -3.35. The number of carbonyl (C=O) groups is 1. The van der Waals surface area contributed by atoms with Gasteiger partial charge < -0.3 is 29.6 Å². The van der Waals surface area contributed by atoms with Crippen LogP contribution in [0.1, 0.15) is 17.0 Å². The maximum absolute atomic E-state index is 12.6. The van der Waals surface area contributed by atoms with Crippen molar-refractivity contribution < 1.29 is 23.7 Å². The molecule has 138 valence electrons. The minimum atomic E-state index is -0.266. The summed E-state index contributed by atoms with van der Waals surface area (Å²) in [7, 11) is 3.22. The van der Waals surface area contributed by atoms with Gasteiger partial charge in [0.25, 0.3) is 0 Å². The van der Waals surface area contributed by atoms with Gasteiger partial charge >= 0.3 is 0 Å². The van der Waals surface area contributed by atoms with Gasteiger partial charge in [0.05, 0.1) is 20.8 Å². The zero-order chi connectivity index (χ0) is 18.5. The number of carbonyl (C=O) groups excluding carboxylic acids is 1. The molecule has 2 aromatic carbocycles. The first kappa shape index (κ1) is 15.9. The zero-order valence-electron chi connectivity index (χ0n) is 14.9. The molecule has 7 nitrogen and oxygen atoms in total. The highest BCUT2D eigenvalue weighted by Crippen LogP contribution is 2.49. The van der Waals surface area contributed by atoms with E-state index in [-0.39, 0.29) is 18.6 Å². The first-order chi connectivity index (χ1) is 13.2. The molecule has 2 aromatic rings. The van der Waals surface area contributed by atoms with Crippen LogP contribution in [-0.4, -0.2) is 33.5 Å². The third kappa shape index (κ3) is 2.38. The van der Waals surface area contributed by atoms with Gasteiger partial charge in [-0.3, -0.25) is 4.79 Å². The lowest BCUT2D eigenvalue weighted by Crippen LogP contribution is -2.22. The Labute approximate surface area is 155 Å². The first-order valence-electron chi connectivity index (χ1n) is 8.62. The number of amides is 1. The van der Waals surface area contributed by atoms with Crippen molar-refractivity contribution >= 4 is 11.6 Å². The highest BCUT2D eigenvalue weighted by atomic mass is 16.7. The smallest absolute Gasteiger partial charge is 0.250 e. The topological polar surface area (TPSA) is 78.1 Å². The van der Waals surface area contributed by atoms with Crippen LogP contribution in [0.2, 0.25) is 0 Å². The van der Waals surface area contributed by atoms with Crippen molar-refractivity contribution in [2.24, 2.45) is 0 Å². The largest absolute Gasteiger partial charge is 0.497 e. The second kappa shape index (κ2) is 5.84. The second-order valence-electron chi connectivity index (χ2n) is 6.57. The van der Waals surface area contributed by atoms with Crippen molar-refractivity contribution in [1.82, 2.24) is 5.32 Å². The van der Waals surface area contributed by atoms with Crippen LogP contribution in [0.4, 0.5) is 5.69 Å². The van der Waals surface area contributed by atoms with Gasteiger partial charge in [0, 0.05) is 35.0 Å². The van der Waals surface area contributed by atoms with Crippen LogP contribution in [0, 0.1) is 0 Å². The molecule has 3 aliphatic rings. The lowest BCUT2D eigenvalue weighted by Gasteiger charge is -2.28. The van der Waals surface area contributed by atoms with E-state index in [1.165, 1.54) is 0 Å². The molecule has 0 spiro atoms. The molecule has 3 aliphatic heterocycles. The van der Waals surface area contributed by atoms with Gasteiger partial charge in [-0.25, -0.2) is 0 Å². The number of methoxy groups -OCH3 is 2. The predicted molar refractivity (Wildman–Crippen MR) is 97.6 cm³/mol. The average molecular weight is 366 g/mol. The standard InChI is InChI=1S/C20H18N2O5/c1-24-11-3-10(4-12(5-11)25-2)18-13-6-16-17(27-9-26-16)7-14(13)22-15-8-21-20(23)19(15)18/h3-7,18,22H,8-9H2,1-2H3,(H,21,23). The van der Waals surface area contributed by atoms with Crippen LogP contribution < -0.4 is 29.6 Å². The first-order valence-corrected chi connectivity index (χ1v) is 8.62. The zero-order valence-corrected chi connectivity index (χ0v) is 14.9. The van der Waals surface area contributed by atoms with Gasteiger partial charge in [-0.15, -0.1) is 0 Å². The molecule has 0 radical (unpaired) electrons. The Morgan fingerprint density at radius 2 is 1.70 bits per heavy atom. The number of anilines is 1. The van der Waals surface area contributed by atoms with Crippen molar-refractivity contribution in [2.75, 3.05) is 32.9 Å². The second-order valence-corrected chi connectivity index (χ2v) is 6.57. The fraction of sp³-hybridized carbons (Fsp3) is 0.250. The molecule has 5 rings (SSSR count). The van der Waals surface area contributed by atoms with E-state index >= 15 is 0 Å². The molecule has 3 heterocycles. The van der Waals surface area contributed by atoms with Crippen LogP contribution in [0.3, 0.4) is 0 Å². The van der Waals surface area contributed by atoms with Gasteiger partial charge in [-0.1, -0.05) is 0 Å². The molecule has 0 aliphatic carbocycles. The van der Waals surface area contributed by atoms with Crippen molar-refractivity contribution in [3.63, 3.8) is 0 Å². The number of benzene rings is 2. The molecule has 0 saturated carbocycles. The van der Waals surface area contributed by atoms with Crippen LogP contribution in [0.15, 0.2) is 41.6 Å². The monoisotopic (exact) mass is 366 g/mol. The molecule has 1 amide bonds. The van der Waals surface area contributed by atoms with E-state index in [2.05, 4.69) is 10.6 Å². The highest BCUT2D eigenvalue weighted by Gasteiger charge is 2.38. The summed E-state index contributed by atoms with van der Waals surface area (Å²) < 4.78 is 21.9. The van der Waals surface area contributed by atoms with Crippen LogP contribution in [0.25, 0.3) is 0 Å². The highest BCUT2D eigenvalue weighted by molar-refractivity contribution is 6.01. The van der Waals surface area contributed by atoms with Crippen molar-refractivity contribution in [2.45, 2.75) is 5.92 Å². The SMILES string of the molecule is COc1cc(OC)cc(C2C3=C(CNC3=O)Nc3cc4c(cc32)OCO4)c1. The maximum atomic E-state index is 12.6. The summed E-state index contributed by atoms with van der Waals surface area (Å²) >= 11 is 0. The molecule has 0 aromatic heterocycles. The lowest BCUT2D eigenvalue weighted by atomic mass is 9.81. The summed E-state index contributed by atoms with van der Waals surface area (Å²) in [6.45, 7) is 0.670. The minimum absolute atomic E-state index is 0.0763. The Bertz CT molecular complexity index is 976. The predicted octanol–water partition coefficient (Wildman–Crippen LogP) is 2.37. The molecular weight excluding hydrogens is 348 g/mol. The van der Waals surface area contributed by atoms with Gasteiger partial charge in [0.2, 0.25) is 12.7 Å². The van der Waals surface area contributed by atoms with Crippen molar-refractivity contribution in [3.05, 3.63) is 52.7 Å². The molecule has 7 heteroatoms. The number of hydrogen-bond acceptors (Lipinski definition) is 6. The van der Waals surface area contributed by atoms with Crippen LogP contribution in [0.5, 0.6) is 23.0 Å². The van der Waals surface area contributed by atoms with Gasteiger partial charge in [-0.2, -0.15) is 0 Å². The lowest BCUT2D eigenvalue weighted by molar-refractivity contribution is -0.116. The Morgan fingerprint density at radius 1 is 1.00 bits per heavy atom. The van der Waals surface area contributed by atoms with Crippen molar-refractivity contribution in [3.8, 4) is 23.0 Å². The van der Waals surface area contributed by atoms with E-state index in [9.17, 15) is 4.79 Å². The van der Waals surface area contributed by atoms with E-state index in [0.29, 0.717) is 35.1 Å². The summed E-state index contributed by atoms with van der Waals surface area (Å²) in [5, 5.41) is 6.28. The van der Waals surface area contributed by atoms with Gasteiger partial charge in [-0.05, 0) is 29.3 Å². The molecule has 2 N–H and O–H groups in total. The molecule has 0 bridgehead atoms. The summed E-state index contributed by atoms with van der Waals surface area (Å²) in [5.41, 5.74) is 4.35. The minimum Gasteiger partial charge on any atom is -0.497 e. The Kier molecular flexibility index (Phi) is 3.43. The van der Waals surface area contributed by atoms with E-state index in [0.717, 1.165) is 22.5 Å².